The van der Waals surface area contributed by atoms with Crippen LogP contribution in [0, 0.1) is 38.5 Å². The van der Waals surface area contributed by atoms with Crippen molar-refractivity contribution in [3.05, 3.63) is 64.7 Å². The smallest absolute Gasteiger partial charge is 0.407 e. The van der Waals surface area contributed by atoms with E-state index in [2.05, 4.69) is 12.2 Å². The van der Waals surface area contributed by atoms with Gasteiger partial charge in [0.25, 0.3) is 0 Å². The number of nitrogens with one attached hydrogen (secondary N) is 1. The summed E-state index contributed by atoms with van der Waals surface area (Å²) in [6.45, 7) is 24.5. The molecule has 53 heavy (non-hydrogen) atoms. The molecule has 2 aromatic carbocycles. The van der Waals surface area contributed by atoms with Gasteiger partial charge in [0.05, 0.1) is 17.3 Å². The first kappa shape index (κ1) is 49.6. The van der Waals surface area contributed by atoms with Crippen LogP contribution in [0.3, 0.4) is 0 Å². The Morgan fingerprint density at radius 2 is 1.28 bits per heavy atom. The molecule has 0 unspecified atom stereocenters. The summed E-state index contributed by atoms with van der Waals surface area (Å²) >= 11 is 0. The lowest BCUT2D eigenvalue weighted by Gasteiger charge is -2.13. The van der Waals surface area contributed by atoms with Crippen LogP contribution in [0.25, 0.3) is 0 Å². The molecule has 2 aromatic rings. The molecular formula is C43H71NO8S. The average Bonchev–Trinajstić information content (AvgIpc) is 3.52. The molecule has 1 saturated carbocycles. The van der Waals surface area contributed by atoms with Gasteiger partial charge in [-0.1, -0.05) is 103 Å². The molecule has 0 saturated heterocycles. The molecule has 1 fully saturated rings. The van der Waals surface area contributed by atoms with Crippen molar-refractivity contribution >= 4 is 27.9 Å². The van der Waals surface area contributed by atoms with E-state index in [0.29, 0.717) is 42.8 Å². The number of amides is 1. The van der Waals surface area contributed by atoms with Crippen LogP contribution in [-0.2, 0) is 40.2 Å². The van der Waals surface area contributed by atoms with Gasteiger partial charge in [0.15, 0.2) is 9.84 Å². The molecule has 0 atom stereocenters. The van der Waals surface area contributed by atoms with Crippen molar-refractivity contribution in [1.29, 1.82) is 0 Å². The van der Waals surface area contributed by atoms with Gasteiger partial charge >= 0.3 is 18.0 Å². The van der Waals surface area contributed by atoms with Crippen molar-refractivity contribution in [2.24, 2.45) is 17.8 Å². The van der Waals surface area contributed by atoms with E-state index in [0.717, 1.165) is 47.9 Å². The fourth-order valence-electron chi connectivity index (χ4n) is 5.46. The van der Waals surface area contributed by atoms with Crippen molar-refractivity contribution in [1.82, 2.24) is 5.32 Å². The number of sulfone groups is 1. The first-order valence-electron chi connectivity index (χ1n) is 19.4. The third-order valence-electron chi connectivity index (χ3n) is 7.60. The molecule has 0 aromatic heterocycles. The van der Waals surface area contributed by atoms with Gasteiger partial charge in [0.2, 0.25) is 0 Å². The van der Waals surface area contributed by atoms with Crippen molar-refractivity contribution in [3.63, 3.8) is 0 Å². The Labute approximate surface area is 322 Å². The van der Waals surface area contributed by atoms with E-state index < -0.39 is 9.84 Å². The van der Waals surface area contributed by atoms with Crippen LogP contribution >= 0.6 is 0 Å². The summed E-state index contributed by atoms with van der Waals surface area (Å²) < 4.78 is 39.6. The lowest BCUT2D eigenvalue weighted by atomic mass is 10.1. The third kappa shape index (κ3) is 25.3. The van der Waals surface area contributed by atoms with Crippen LogP contribution in [0.2, 0.25) is 0 Å². The van der Waals surface area contributed by atoms with E-state index in [9.17, 15) is 22.8 Å². The summed E-state index contributed by atoms with van der Waals surface area (Å²) in [7, 11) is -3.14. The third-order valence-corrected chi connectivity index (χ3v) is 9.98. The number of unbranched alkanes of at least 4 members (excludes halogenated alkanes) is 1. The van der Waals surface area contributed by atoms with Crippen LogP contribution in [0.5, 0.6) is 0 Å². The number of carbonyl (C=O) groups excluding carboxylic acids is 3. The predicted molar refractivity (Wildman–Crippen MR) is 216 cm³/mol. The number of carbonyl (C=O) groups is 3. The summed E-state index contributed by atoms with van der Waals surface area (Å²) in [6, 6.07) is 13.7. The Bertz CT molecular complexity index is 1410. The second kappa shape index (κ2) is 27.2. The van der Waals surface area contributed by atoms with Gasteiger partial charge in [-0.15, -0.1) is 0 Å². The minimum atomic E-state index is -3.14. The number of rotatable bonds is 14. The number of aryl methyl sites for hydroxylation is 3. The fraction of sp³-hybridized carbons (Fsp3) is 0.651. The minimum absolute atomic E-state index is 0.0616. The van der Waals surface area contributed by atoms with E-state index in [1.807, 2.05) is 119 Å². The number of benzene rings is 2. The lowest BCUT2D eigenvalue weighted by Crippen LogP contribution is -2.33. The zero-order valence-electron chi connectivity index (χ0n) is 34.9. The Morgan fingerprint density at radius 3 is 1.74 bits per heavy atom. The molecule has 0 heterocycles. The predicted octanol–water partition coefficient (Wildman–Crippen LogP) is 10.3. The first-order valence-corrected chi connectivity index (χ1v) is 21.0. The first-order chi connectivity index (χ1) is 24.8. The van der Waals surface area contributed by atoms with E-state index >= 15 is 0 Å². The maximum atomic E-state index is 12.2. The van der Waals surface area contributed by atoms with Crippen LogP contribution in [0.15, 0.2) is 47.4 Å². The van der Waals surface area contributed by atoms with Crippen LogP contribution in [0.4, 0.5) is 4.79 Å². The van der Waals surface area contributed by atoms with Crippen LogP contribution < -0.4 is 5.32 Å². The number of hydrogen-bond donors (Lipinski definition) is 1. The van der Waals surface area contributed by atoms with Gasteiger partial charge in [-0.3, -0.25) is 9.59 Å². The molecule has 1 N–H and O–H groups in total. The van der Waals surface area contributed by atoms with Crippen molar-refractivity contribution in [2.45, 2.75) is 158 Å². The Hall–Kier alpha value is -3.40. The van der Waals surface area contributed by atoms with Crippen molar-refractivity contribution in [2.75, 3.05) is 12.4 Å². The maximum absolute atomic E-state index is 12.2. The Kier molecular flexibility index (Phi) is 25.5. The Balaban J connectivity index is 0.000000688. The van der Waals surface area contributed by atoms with Crippen molar-refractivity contribution in [3.8, 4) is 0 Å². The summed E-state index contributed by atoms with van der Waals surface area (Å²) in [4.78, 5) is 33.7. The number of ether oxygens (including phenoxy) is 3. The van der Waals surface area contributed by atoms with Gasteiger partial charge in [-0.25, -0.2) is 13.2 Å². The van der Waals surface area contributed by atoms with Crippen LogP contribution in [-0.4, -0.2) is 51.0 Å². The summed E-state index contributed by atoms with van der Waals surface area (Å²) in [5, 5.41) is 2.71. The topological polar surface area (TPSA) is 125 Å². The fourth-order valence-corrected chi connectivity index (χ4v) is 7.60. The molecule has 1 amide bonds. The van der Waals surface area contributed by atoms with Crippen molar-refractivity contribution < 1.29 is 37.0 Å². The molecule has 0 spiro atoms. The van der Waals surface area contributed by atoms with Crippen LogP contribution in [0.1, 0.15) is 136 Å². The molecular weight excluding hydrogens is 691 g/mol. The van der Waals surface area contributed by atoms with Gasteiger partial charge in [-0.05, 0) is 101 Å². The monoisotopic (exact) mass is 761 g/mol. The average molecular weight is 762 g/mol. The van der Waals surface area contributed by atoms with Gasteiger partial charge < -0.3 is 19.5 Å². The highest BCUT2D eigenvalue weighted by atomic mass is 32.2. The second-order valence-corrected chi connectivity index (χ2v) is 17.4. The summed E-state index contributed by atoms with van der Waals surface area (Å²) in [6.07, 6.45) is 7.45. The normalized spacial score (nSPS) is 12.6. The molecule has 1 aliphatic carbocycles. The zero-order valence-corrected chi connectivity index (χ0v) is 35.7. The minimum Gasteiger partial charge on any atom is -0.466 e. The highest BCUT2D eigenvalue weighted by molar-refractivity contribution is 7.91. The van der Waals surface area contributed by atoms with E-state index in [4.69, 9.17) is 14.2 Å². The van der Waals surface area contributed by atoms with E-state index in [1.165, 1.54) is 12.8 Å². The zero-order chi connectivity index (χ0) is 40.6. The molecule has 3 rings (SSSR count). The highest BCUT2D eigenvalue weighted by Crippen LogP contribution is 2.24. The second-order valence-electron chi connectivity index (χ2n) is 15.4. The highest BCUT2D eigenvalue weighted by Gasteiger charge is 2.21. The molecule has 0 bridgehead atoms. The molecule has 0 aliphatic heterocycles. The van der Waals surface area contributed by atoms with Gasteiger partial charge in [-0.2, -0.15) is 0 Å². The van der Waals surface area contributed by atoms with Gasteiger partial charge in [0, 0.05) is 18.9 Å². The molecule has 302 valence electrons. The molecule has 1 aliphatic rings. The molecule has 0 radical (unpaired) electrons. The van der Waals surface area contributed by atoms with Gasteiger partial charge in [0.1, 0.15) is 12.7 Å². The standard InChI is InChI=1S/C13H20O2S.C12H16O2.C9H17NO2.C9H18O2/c1-9(2)8-16(14,15)13-11(4)6-10(3)7-12(13)5;1-10(2)8-12(13)14-9-11-6-4-3-5-7-11;1-7(2)10-9(11)12-8-5-3-4-6-8;1-4-5-6-11-9(10)7-8(2)3/h6-7,9H,8H2,1-5H3;3-7,10H,8-9H2,1-2H3;7-8H,3-6H2,1-2H3,(H,10,11);8H,4-7H2,1-3H3. The summed E-state index contributed by atoms with van der Waals surface area (Å²) in [5.74, 6) is 0.961. The quantitative estimate of drug-likeness (QED) is 0.115. The number of hydrogen-bond acceptors (Lipinski definition) is 8. The molecule has 10 heteroatoms. The lowest BCUT2D eigenvalue weighted by molar-refractivity contribution is -0.146. The SMILES string of the molecule is CC(C)CC(=O)OCc1ccccc1.CC(C)NC(=O)OC1CCCC1.CCCCOC(=O)CC(C)C.Cc1cc(C)c(S(=O)(=O)CC(C)C)c(C)c1. The number of alkyl carbamates (subject to hydrolysis) is 1. The van der Waals surface area contributed by atoms with E-state index in [-0.39, 0.29) is 41.8 Å². The maximum Gasteiger partial charge on any atom is 0.407 e. The number of esters is 2. The molecule has 9 nitrogen and oxygen atoms in total. The summed E-state index contributed by atoms with van der Waals surface area (Å²) in [5.41, 5.74) is 3.86. The Morgan fingerprint density at radius 1 is 0.774 bits per heavy atom. The van der Waals surface area contributed by atoms with E-state index in [1.54, 1.807) is 0 Å². The largest absolute Gasteiger partial charge is 0.466 e.